The lowest BCUT2D eigenvalue weighted by atomic mass is 10.1. The molecule has 104 valence electrons. The van der Waals surface area contributed by atoms with Crippen molar-refractivity contribution in [2.45, 2.75) is 13.3 Å². The second kappa shape index (κ2) is 5.69. The van der Waals surface area contributed by atoms with Crippen molar-refractivity contribution < 1.29 is 18.7 Å². The van der Waals surface area contributed by atoms with E-state index in [1.807, 2.05) is 0 Å². The molecule has 0 unspecified atom stereocenters. The minimum Gasteiger partial charge on any atom is -0.508 e. The molecule has 0 radical (unpaired) electrons. The second-order valence-corrected chi connectivity index (χ2v) is 4.41. The largest absolute Gasteiger partial charge is 0.508 e. The fraction of sp³-hybridized carbons (Fsp3) is 0.133. The normalized spacial score (nSPS) is 10.3. The van der Waals surface area contributed by atoms with Gasteiger partial charge >= 0.3 is 0 Å². The highest BCUT2D eigenvalue weighted by Crippen LogP contribution is 2.24. The van der Waals surface area contributed by atoms with E-state index in [9.17, 15) is 18.7 Å². The Hall–Kier alpha value is -2.43. The Labute approximate surface area is 114 Å². The fourth-order valence-electron chi connectivity index (χ4n) is 1.79. The van der Waals surface area contributed by atoms with Gasteiger partial charge < -0.3 is 10.4 Å². The Morgan fingerprint density at radius 2 is 2.00 bits per heavy atom. The van der Waals surface area contributed by atoms with Gasteiger partial charge in [0.2, 0.25) is 5.91 Å². The summed E-state index contributed by atoms with van der Waals surface area (Å²) in [6.45, 7) is 1.66. The van der Waals surface area contributed by atoms with Crippen molar-refractivity contribution >= 4 is 11.6 Å². The molecule has 2 rings (SSSR count). The van der Waals surface area contributed by atoms with Gasteiger partial charge in [0.15, 0.2) is 0 Å². The van der Waals surface area contributed by atoms with E-state index in [-0.39, 0.29) is 17.7 Å². The minimum absolute atomic E-state index is 0.0655. The molecular formula is C15H13F2NO2. The van der Waals surface area contributed by atoms with E-state index in [1.165, 1.54) is 12.1 Å². The molecule has 1 amide bonds. The second-order valence-electron chi connectivity index (χ2n) is 4.41. The molecule has 0 aliphatic carbocycles. The number of benzene rings is 2. The number of aromatic hydroxyl groups is 1. The number of carbonyl (C=O) groups excluding carboxylic acids is 1. The topological polar surface area (TPSA) is 49.3 Å². The first kappa shape index (κ1) is 14.0. The van der Waals surface area contributed by atoms with E-state index in [4.69, 9.17) is 0 Å². The lowest BCUT2D eigenvalue weighted by molar-refractivity contribution is -0.115. The van der Waals surface area contributed by atoms with Crippen LogP contribution in [0.2, 0.25) is 0 Å². The van der Waals surface area contributed by atoms with Crippen molar-refractivity contribution in [1.29, 1.82) is 0 Å². The van der Waals surface area contributed by atoms with Crippen molar-refractivity contribution in [3.63, 3.8) is 0 Å². The third-order valence-corrected chi connectivity index (χ3v) is 2.95. The molecule has 0 aliphatic rings. The lowest BCUT2D eigenvalue weighted by Crippen LogP contribution is -2.16. The first-order valence-corrected chi connectivity index (χ1v) is 5.99. The molecule has 2 aromatic rings. The van der Waals surface area contributed by atoms with Gasteiger partial charge in [0.25, 0.3) is 0 Å². The van der Waals surface area contributed by atoms with Crippen molar-refractivity contribution in [3.8, 4) is 5.75 Å². The molecule has 0 aromatic heterocycles. The van der Waals surface area contributed by atoms with Gasteiger partial charge in [-0.3, -0.25) is 4.79 Å². The van der Waals surface area contributed by atoms with Crippen molar-refractivity contribution in [2.24, 2.45) is 0 Å². The molecule has 0 atom stereocenters. The third kappa shape index (κ3) is 3.12. The molecule has 2 N–H and O–H groups in total. The number of phenolic OH excluding ortho intramolecular Hbond substituents is 1. The molecule has 0 aliphatic heterocycles. The highest BCUT2D eigenvalue weighted by molar-refractivity contribution is 5.93. The van der Waals surface area contributed by atoms with E-state index >= 15 is 0 Å². The molecule has 3 nitrogen and oxygen atoms in total. The number of carbonyl (C=O) groups is 1. The predicted octanol–water partition coefficient (Wildman–Crippen LogP) is 3.16. The van der Waals surface area contributed by atoms with Crippen LogP contribution in [0.3, 0.4) is 0 Å². The average molecular weight is 277 g/mol. The van der Waals surface area contributed by atoms with Gasteiger partial charge in [-0.15, -0.1) is 0 Å². The van der Waals surface area contributed by atoms with Gasteiger partial charge in [-0.1, -0.05) is 12.1 Å². The Balaban J connectivity index is 2.11. The number of anilines is 1. The summed E-state index contributed by atoms with van der Waals surface area (Å²) >= 11 is 0. The third-order valence-electron chi connectivity index (χ3n) is 2.95. The summed E-state index contributed by atoms with van der Waals surface area (Å²) in [5.74, 6) is -1.82. The standard InChI is InChI=1S/C15H13F2NO2/c1-9-13(3-2-4-14(9)19)18-15(20)7-10-5-6-11(16)8-12(10)17/h2-6,8,19H,7H2,1H3,(H,18,20). The zero-order valence-corrected chi connectivity index (χ0v) is 10.8. The molecule has 0 fully saturated rings. The van der Waals surface area contributed by atoms with Crippen LogP contribution >= 0.6 is 0 Å². The van der Waals surface area contributed by atoms with Gasteiger partial charge in [0.05, 0.1) is 6.42 Å². The number of rotatable bonds is 3. The van der Waals surface area contributed by atoms with Gasteiger partial charge in [0.1, 0.15) is 17.4 Å². The SMILES string of the molecule is Cc1c(O)cccc1NC(=O)Cc1ccc(F)cc1F. The molecule has 20 heavy (non-hydrogen) atoms. The molecular weight excluding hydrogens is 264 g/mol. The van der Waals surface area contributed by atoms with Crippen LogP contribution < -0.4 is 5.32 Å². The van der Waals surface area contributed by atoms with Crippen LogP contribution in [0.4, 0.5) is 14.5 Å². The highest BCUT2D eigenvalue weighted by Gasteiger charge is 2.11. The van der Waals surface area contributed by atoms with Gasteiger partial charge in [-0.2, -0.15) is 0 Å². The van der Waals surface area contributed by atoms with Crippen LogP contribution in [-0.2, 0) is 11.2 Å². The summed E-state index contributed by atoms with van der Waals surface area (Å²) in [4.78, 5) is 11.8. The quantitative estimate of drug-likeness (QED) is 0.905. The summed E-state index contributed by atoms with van der Waals surface area (Å²) in [5, 5.41) is 12.1. The molecule has 0 spiro atoms. The van der Waals surface area contributed by atoms with Crippen molar-refractivity contribution in [1.82, 2.24) is 0 Å². The summed E-state index contributed by atoms with van der Waals surface area (Å²) in [6.07, 6.45) is -0.207. The number of halogens is 2. The summed E-state index contributed by atoms with van der Waals surface area (Å²) in [7, 11) is 0. The predicted molar refractivity (Wildman–Crippen MR) is 71.5 cm³/mol. The molecule has 0 bridgehead atoms. The number of phenols is 1. The Kier molecular flexibility index (Phi) is 3.98. The summed E-state index contributed by atoms with van der Waals surface area (Å²) in [5.41, 5.74) is 1.10. The summed E-state index contributed by atoms with van der Waals surface area (Å²) in [6, 6.07) is 7.81. The number of nitrogens with one attached hydrogen (secondary N) is 1. The Morgan fingerprint density at radius 1 is 1.25 bits per heavy atom. The minimum atomic E-state index is -0.757. The van der Waals surface area contributed by atoms with Gasteiger partial charge in [-0.05, 0) is 30.7 Å². The van der Waals surface area contributed by atoms with E-state index in [2.05, 4.69) is 5.32 Å². The first-order chi connectivity index (χ1) is 9.47. The van der Waals surface area contributed by atoms with Gasteiger partial charge in [0, 0.05) is 17.3 Å². The fourth-order valence-corrected chi connectivity index (χ4v) is 1.79. The van der Waals surface area contributed by atoms with E-state index in [0.717, 1.165) is 12.1 Å². The maximum Gasteiger partial charge on any atom is 0.228 e. The highest BCUT2D eigenvalue weighted by atomic mass is 19.1. The number of hydrogen-bond acceptors (Lipinski definition) is 2. The molecule has 0 saturated carbocycles. The smallest absolute Gasteiger partial charge is 0.228 e. The van der Waals surface area contributed by atoms with E-state index in [1.54, 1.807) is 19.1 Å². The van der Waals surface area contributed by atoms with Crippen molar-refractivity contribution in [2.75, 3.05) is 5.32 Å². The molecule has 5 heteroatoms. The zero-order chi connectivity index (χ0) is 14.7. The van der Waals surface area contributed by atoms with Crippen LogP contribution in [0.25, 0.3) is 0 Å². The van der Waals surface area contributed by atoms with E-state index in [0.29, 0.717) is 11.3 Å². The number of hydrogen-bond donors (Lipinski definition) is 2. The molecule has 0 heterocycles. The van der Waals surface area contributed by atoms with Crippen LogP contribution in [0, 0.1) is 18.6 Å². The maximum absolute atomic E-state index is 13.4. The first-order valence-electron chi connectivity index (χ1n) is 5.99. The van der Waals surface area contributed by atoms with Crippen LogP contribution in [0.1, 0.15) is 11.1 Å². The van der Waals surface area contributed by atoms with Gasteiger partial charge in [-0.25, -0.2) is 8.78 Å². The number of amides is 1. The monoisotopic (exact) mass is 277 g/mol. The average Bonchev–Trinajstić information content (AvgIpc) is 2.38. The maximum atomic E-state index is 13.4. The van der Waals surface area contributed by atoms with Crippen LogP contribution in [-0.4, -0.2) is 11.0 Å². The molecule has 2 aromatic carbocycles. The van der Waals surface area contributed by atoms with Crippen molar-refractivity contribution in [3.05, 3.63) is 59.2 Å². The Bertz CT molecular complexity index is 656. The zero-order valence-electron chi connectivity index (χ0n) is 10.8. The molecule has 0 saturated heterocycles. The van der Waals surface area contributed by atoms with Crippen LogP contribution in [0.15, 0.2) is 36.4 Å². The van der Waals surface area contributed by atoms with Crippen LogP contribution in [0.5, 0.6) is 5.75 Å². The Morgan fingerprint density at radius 3 is 2.70 bits per heavy atom. The van der Waals surface area contributed by atoms with E-state index < -0.39 is 17.5 Å². The summed E-state index contributed by atoms with van der Waals surface area (Å²) < 4.78 is 26.2. The lowest BCUT2D eigenvalue weighted by Gasteiger charge is -2.09.